The molecule has 0 unspecified atom stereocenters. The third kappa shape index (κ3) is 4.60. The van der Waals surface area contributed by atoms with Crippen molar-refractivity contribution in [3.05, 3.63) is 35.2 Å². The molecule has 0 saturated carbocycles. The molecule has 5 nitrogen and oxygen atoms in total. The van der Waals surface area contributed by atoms with Gasteiger partial charge in [0, 0.05) is 5.56 Å². The normalized spacial score (nSPS) is 10.9. The van der Waals surface area contributed by atoms with Crippen molar-refractivity contribution in [3.63, 3.8) is 0 Å². The summed E-state index contributed by atoms with van der Waals surface area (Å²) in [6, 6.07) is 3.80. The van der Waals surface area contributed by atoms with E-state index in [0.29, 0.717) is 17.3 Å². The van der Waals surface area contributed by atoms with Crippen LogP contribution in [0.25, 0.3) is 11.5 Å². The van der Waals surface area contributed by atoms with Gasteiger partial charge in [-0.1, -0.05) is 26.7 Å². The molecule has 1 heterocycles. The van der Waals surface area contributed by atoms with Gasteiger partial charge in [0.1, 0.15) is 12.0 Å². The number of aromatic nitrogens is 1. The van der Waals surface area contributed by atoms with Crippen LogP contribution in [0.2, 0.25) is 0 Å². The Morgan fingerprint density at radius 3 is 2.21 bits per heavy atom. The first-order chi connectivity index (χ1) is 11.5. The van der Waals surface area contributed by atoms with Crippen molar-refractivity contribution in [2.45, 2.75) is 58.8 Å². The number of carboxylic acids is 1. The van der Waals surface area contributed by atoms with Crippen molar-refractivity contribution in [1.29, 1.82) is 0 Å². The van der Waals surface area contributed by atoms with E-state index in [0.717, 1.165) is 55.2 Å². The summed E-state index contributed by atoms with van der Waals surface area (Å²) in [6.45, 7) is 4.23. The smallest absolute Gasteiger partial charge is 0.309 e. The predicted molar refractivity (Wildman–Crippen MR) is 92.2 cm³/mol. The number of nitrogens with zero attached hydrogens (tertiary/aromatic N) is 1. The summed E-state index contributed by atoms with van der Waals surface area (Å²) in [4.78, 5) is 15.1. The number of phenolic OH excluding ortho intramolecular Hbond substituents is 1. The molecule has 1 aromatic heterocycles. The molecule has 0 spiro atoms. The maximum Gasteiger partial charge on any atom is 0.309 e. The van der Waals surface area contributed by atoms with E-state index in [1.54, 1.807) is 0 Å². The third-order valence-electron chi connectivity index (χ3n) is 4.00. The molecule has 0 saturated heterocycles. The number of rotatable bonds is 9. The molecule has 5 heteroatoms. The first-order valence-electron chi connectivity index (χ1n) is 8.56. The lowest BCUT2D eigenvalue weighted by molar-refractivity contribution is -0.136. The van der Waals surface area contributed by atoms with Crippen LogP contribution in [-0.4, -0.2) is 21.2 Å². The lowest BCUT2D eigenvalue weighted by Gasteiger charge is -2.12. The molecule has 2 rings (SSSR count). The van der Waals surface area contributed by atoms with Crippen molar-refractivity contribution < 1.29 is 19.4 Å². The molecular formula is C19H25NO4. The summed E-state index contributed by atoms with van der Waals surface area (Å²) in [5.41, 5.74) is 2.99. The van der Waals surface area contributed by atoms with Crippen LogP contribution in [0.5, 0.6) is 5.75 Å². The average molecular weight is 331 g/mol. The summed E-state index contributed by atoms with van der Waals surface area (Å²) in [7, 11) is 0. The summed E-state index contributed by atoms with van der Waals surface area (Å²) < 4.78 is 5.45. The molecule has 0 bridgehead atoms. The number of oxazole rings is 1. The van der Waals surface area contributed by atoms with E-state index in [4.69, 9.17) is 9.52 Å². The number of hydrogen-bond donors (Lipinski definition) is 2. The minimum atomic E-state index is -0.937. The molecule has 24 heavy (non-hydrogen) atoms. The Balaban J connectivity index is 2.36. The zero-order valence-corrected chi connectivity index (χ0v) is 14.3. The lowest BCUT2D eigenvalue weighted by Crippen LogP contribution is -2.00. The summed E-state index contributed by atoms with van der Waals surface area (Å²) >= 11 is 0. The van der Waals surface area contributed by atoms with E-state index in [9.17, 15) is 9.90 Å². The lowest BCUT2D eigenvalue weighted by atomic mass is 9.97. The largest absolute Gasteiger partial charge is 0.507 e. The number of aromatic hydroxyl groups is 1. The van der Waals surface area contributed by atoms with Crippen molar-refractivity contribution in [1.82, 2.24) is 4.98 Å². The highest BCUT2D eigenvalue weighted by Gasteiger charge is 2.15. The predicted octanol–water partition coefficient (Wildman–Crippen LogP) is 4.36. The van der Waals surface area contributed by atoms with Gasteiger partial charge in [-0.25, -0.2) is 4.98 Å². The number of unbranched alkanes of at least 4 members (excludes halogenated alkanes) is 2. The molecule has 0 aliphatic carbocycles. The van der Waals surface area contributed by atoms with Crippen LogP contribution in [0, 0.1) is 0 Å². The second kappa shape index (κ2) is 8.52. The molecule has 0 aliphatic rings. The zero-order chi connectivity index (χ0) is 17.5. The van der Waals surface area contributed by atoms with E-state index < -0.39 is 5.97 Å². The first kappa shape index (κ1) is 18.0. The van der Waals surface area contributed by atoms with Gasteiger partial charge in [0.15, 0.2) is 0 Å². The maximum absolute atomic E-state index is 10.8. The molecule has 0 aliphatic heterocycles. The van der Waals surface area contributed by atoms with Gasteiger partial charge >= 0.3 is 5.97 Å². The Kier molecular flexibility index (Phi) is 6.41. The Labute approximate surface area is 142 Å². The second-order valence-electron chi connectivity index (χ2n) is 6.06. The van der Waals surface area contributed by atoms with Gasteiger partial charge in [-0.3, -0.25) is 4.79 Å². The highest BCUT2D eigenvalue weighted by atomic mass is 16.4. The van der Waals surface area contributed by atoms with Crippen LogP contribution >= 0.6 is 0 Å². The molecule has 0 amide bonds. The van der Waals surface area contributed by atoms with Crippen LogP contribution in [0.15, 0.2) is 22.8 Å². The van der Waals surface area contributed by atoms with Crippen LogP contribution in [-0.2, 0) is 24.1 Å². The quantitative estimate of drug-likeness (QED) is 0.713. The molecule has 130 valence electrons. The number of hydrogen-bond acceptors (Lipinski definition) is 4. The Bertz CT molecular complexity index is 661. The van der Waals surface area contributed by atoms with Crippen molar-refractivity contribution >= 4 is 5.97 Å². The van der Waals surface area contributed by atoms with Crippen molar-refractivity contribution in [2.24, 2.45) is 0 Å². The molecular weight excluding hydrogens is 306 g/mol. The van der Waals surface area contributed by atoms with Crippen molar-refractivity contribution in [3.8, 4) is 17.2 Å². The second-order valence-corrected chi connectivity index (χ2v) is 6.06. The van der Waals surface area contributed by atoms with E-state index in [-0.39, 0.29) is 6.42 Å². The van der Waals surface area contributed by atoms with E-state index >= 15 is 0 Å². The molecule has 0 fully saturated rings. The highest BCUT2D eigenvalue weighted by Crippen LogP contribution is 2.32. The first-order valence-corrected chi connectivity index (χ1v) is 8.56. The minimum absolute atomic E-state index is 0.160. The fourth-order valence-corrected chi connectivity index (χ4v) is 2.67. The van der Waals surface area contributed by atoms with E-state index in [1.807, 2.05) is 12.1 Å². The van der Waals surface area contributed by atoms with E-state index in [2.05, 4.69) is 18.8 Å². The number of benzene rings is 1. The van der Waals surface area contributed by atoms with Gasteiger partial charge in [-0.15, -0.1) is 0 Å². The summed E-state index contributed by atoms with van der Waals surface area (Å²) in [6.07, 6.45) is 6.93. The standard InChI is InChI=1S/C19H25NO4/c1-3-5-7-13-9-15(10-14(18(13)23)8-6-4-2)19-20-16(12-24-19)11-17(21)22/h9-10,12,23H,3-8,11H2,1-2H3,(H,21,22). The SMILES string of the molecule is CCCCc1cc(-c2nc(CC(=O)O)co2)cc(CCCC)c1O. The van der Waals surface area contributed by atoms with Gasteiger partial charge in [0.2, 0.25) is 5.89 Å². The van der Waals surface area contributed by atoms with Crippen molar-refractivity contribution in [2.75, 3.05) is 0 Å². The Hall–Kier alpha value is -2.30. The molecule has 2 aromatic rings. The van der Waals surface area contributed by atoms with Crippen LogP contribution in [0.4, 0.5) is 0 Å². The van der Waals surface area contributed by atoms with Gasteiger partial charge in [-0.05, 0) is 48.9 Å². The Morgan fingerprint density at radius 2 is 1.71 bits per heavy atom. The molecule has 0 atom stereocenters. The molecule has 2 N–H and O–H groups in total. The average Bonchev–Trinajstić information content (AvgIpc) is 3.00. The molecule has 1 aromatic carbocycles. The fourth-order valence-electron chi connectivity index (χ4n) is 2.67. The number of phenols is 1. The van der Waals surface area contributed by atoms with Gasteiger partial charge in [0.05, 0.1) is 12.1 Å². The number of aliphatic carboxylic acids is 1. The minimum Gasteiger partial charge on any atom is -0.507 e. The van der Waals surface area contributed by atoms with Crippen LogP contribution < -0.4 is 0 Å². The number of carboxylic acid groups (broad SMARTS) is 1. The monoisotopic (exact) mass is 331 g/mol. The highest BCUT2D eigenvalue weighted by molar-refractivity contribution is 5.70. The number of aryl methyl sites for hydroxylation is 2. The topological polar surface area (TPSA) is 83.6 Å². The van der Waals surface area contributed by atoms with Gasteiger partial charge in [-0.2, -0.15) is 0 Å². The van der Waals surface area contributed by atoms with Gasteiger partial charge < -0.3 is 14.6 Å². The third-order valence-corrected chi connectivity index (χ3v) is 4.00. The van der Waals surface area contributed by atoms with E-state index in [1.165, 1.54) is 6.26 Å². The Morgan fingerprint density at radius 1 is 1.12 bits per heavy atom. The maximum atomic E-state index is 10.8. The molecule has 0 radical (unpaired) electrons. The van der Waals surface area contributed by atoms with Gasteiger partial charge in [0.25, 0.3) is 0 Å². The van der Waals surface area contributed by atoms with Crippen LogP contribution in [0.3, 0.4) is 0 Å². The van der Waals surface area contributed by atoms with Crippen LogP contribution in [0.1, 0.15) is 56.4 Å². The summed E-state index contributed by atoms with van der Waals surface area (Å²) in [5.74, 6) is -0.160. The number of carbonyl (C=O) groups is 1. The summed E-state index contributed by atoms with van der Waals surface area (Å²) in [5, 5.41) is 19.4. The zero-order valence-electron chi connectivity index (χ0n) is 14.3. The fraction of sp³-hybridized carbons (Fsp3) is 0.474.